The standard InChI is InChI=1S/C18H28N2S/c1-11(20-17-19-10-16(21-17)15-2-3-15)18-7-12-4-13(8-18)6-14(5-12)9-18/h11-16H,2-10H2,1H3,(H,19,20). The summed E-state index contributed by atoms with van der Waals surface area (Å²) in [5.74, 6) is 4.14. The second-order valence-electron chi connectivity index (χ2n) is 8.79. The van der Waals surface area contributed by atoms with Crippen molar-refractivity contribution in [2.24, 2.45) is 34.1 Å². The lowest BCUT2D eigenvalue weighted by molar-refractivity contribution is -0.0671. The Kier molecular flexibility index (Phi) is 2.95. The third-order valence-corrected chi connectivity index (χ3v) is 8.48. The Morgan fingerprint density at radius 2 is 1.71 bits per heavy atom. The van der Waals surface area contributed by atoms with Crippen molar-refractivity contribution in [3.63, 3.8) is 0 Å². The molecule has 0 aromatic carbocycles. The predicted molar refractivity (Wildman–Crippen MR) is 89.6 cm³/mol. The average molecular weight is 305 g/mol. The molecule has 5 saturated carbocycles. The Hall–Kier alpha value is -0.180. The summed E-state index contributed by atoms with van der Waals surface area (Å²) in [6, 6.07) is 0.634. The van der Waals surface area contributed by atoms with E-state index in [1.54, 1.807) is 19.3 Å². The number of amidine groups is 1. The number of nitrogens with one attached hydrogen (secondary N) is 1. The molecule has 1 aliphatic heterocycles. The van der Waals surface area contributed by atoms with Gasteiger partial charge in [-0.2, -0.15) is 0 Å². The zero-order valence-corrected chi connectivity index (χ0v) is 14.0. The van der Waals surface area contributed by atoms with Crippen LogP contribution in [0.1, 0.15) is 58.3 Å². The van der Waals surface area contributed by atoms with Crippen LogP contribution < -0.4 is 5.32 Å². The lowest BCUT2D eigenvalue weighted by Crippen LogP contribution is -2.55. The molecule has 0 spiro atoms. The zero-order valence-electron chi connectivity index (χ0n) is 13.2. The smallest absolute Gasteiger partial charge is 0.157 e. The molecule has 3 heteroatoms. The van der Waals surface area contributed by atoms with Gasteiger partial charge in [-0.25, -0.2) is 0 Å². The highest BCUT2D eigenvalue weighted by atomic mass is 32.2. The molecule has 0 aromatic heterocycles. The summed E-state index contributed by atoms with van der Waals surface area (Å²) in [4.78, 5) is 4.81. The summed E-state index contributed by atoms with van der Waals surface area (Å²) >= 11 is 2.05. The van der Waals surface area contributed by atoms with Crippen LogP contribution in [0, 0.1) is 29.1 Å². The minimum Gasteiger partial charge on any atom is -0.362 e. The summed E-state index contributed by atoms with van der Waals surface area (Å²) < 4.78 is 0. The molecule has 0 amide bonds. The van der Waals surface area contributed by atoms with E-state index in [1.165, 1.54) is 37.3 Å². The number of rotatable bonds is 3. The molecule has 6 rings (SSSR count). The fraction of sp³-hybridized carbons (Fsp3) is 0.944. The first-order valence-corrected chi connectivity index (χ1v) is 10.1. The summed E-state index contributed by atoms with van der Waals surface area (Å²) in [7, 11) is 0. The van der Waals surface area contributed by atoms with Crippen LogP contribution in [0.5, 0.6) is 0 Å². The largest absolute Gasteiger partial charge is 0.362 e. The molecule has 6 aliphatic rings. The minimum absolute atomic E-state index is 0.607. The lowest BCUT2D eigenvalue weighted by atomic mass is 9.48. The molecule has 4 bridgehead atoms. The van der Waals surface area contributed by atoms with Crippen molar-refractivity contribution >= 4 is 16.9 Å². The van der Waals surface area contributed by atoms with E-state index < -0.39 is 0 Å². The van der Waals surface area contributed by atoms with E-state index >= 15 is 0 Å². The van der Waals surface area contributed by atoms with Crippen LogP contribution in [-0.4, -0.2) is 23.0 Å². The molecule has 0 saturated heterocycles. The topological polar surface area (TPSA) is 24.4 Å². The SMILES string of the molecule is CC(NC1=NCC(C2CC2)S1)C12CC3CC(CC(C3)C1)C2. The monoisotopic (exact) mass is 304 g/mol. The fourth-order valence-electron chi connectivity index (χ4n) is 6.23. The van der Waals surface area contributed by atoms with E-state index in [4.69, 9.17) is 4.99 Å². The van der Waals surface area contributed by atoms with Crippen LogP contribution in [0.4, 0.5) is 0 Å². The number of hydrogen-bond donors (Lipinski definition) is 1. The van der Waals surface area contributed by atoms with Gasteiger partial charge in [0.2, 0.25) is 0 Å². The van der Waals surface area contributed by atoms with Crippen molar-refractivity contribution in [2.45, 2.75) is 69.6 Å². The Balaban J connectivity index is 1.27. The predicted octanol–water partition coefficient (Wildman–Crippen LogP) is 4.06. The first-order chi connectivity index (χ1) is 10.2. The van der Waals surface area contributed by atoms with Gasteiger partial charge < -0.3 is 5.32 Å². The van der Waals surface area contributed by atoms with Crippen LogP contribution in [0.25, 0.3) is 0 Å². The van der Waals surface area contributed by atoms with Crippen molar-refractivity contribution in [2.75, 3.05) is 6.54 Å². The first-order valence-electron chi connectivity index (χ1n) is 9.18. The second kappa shape index (κ2) is 4.66. The van der Waals surface area contributed by atoms with Gasteiger partial charge in [0.25, 0.3) is 0 Å². The summed E-state index contributed by atoms with van der Waals surface area (Å²) in [5.41, 5.74) is 0.607. The van der Waals surface area contributed by atoms with E-state index in [9.17, 15) is 0 Å². The molecule has 2 nitrogen and oxygen atoms in total. The highest BCUT2D eigenvalue weighted by Crippen LogP contribution is 2.61. The Bertz CT molecular complexity index is 433. The molecule has 21 heavy (non-hydrogen) atoms. The average Bonchev–Trinajstić information content (AvgIpc) is 3.18. The third kappa shape index (κ3) is 2.26. The Morgan fingerprint density at radius 1 is 1.10 bits per heavy atom. The van der Waals surface area contributed by atoms with Gasteiger partial charge in [0.15, 0.2) is 5.17 Å². The molecule has 2 unspecified atom stereocenters. The molecular weight excluding hydrogens is 276 g/mol. The summed E-state index contributed by atoms with van der Waals surface area (Å²) in [6.45, 7) is 3.53. The van der Waals surface area contributed by atoms with Gasteiger partial charge in [-0.3, -0.25) is 4.99 Å². The van der Waals surface area contributed by atoms with Crippen LogP contribution in [-0.2, 0) is 0 Å². The molecule has 2 atom stereocenters. The molecule has 116 valence electrons. The number of nitrogens with zero attached hydrogens (tertiary/aromatic N) is 1. The summed E-state index contributed by atoms with van der Waals surface area (Å²) in [6.07, 6.45) is 12.0. The van der Waals surface area contributed by atoms with Gasteiger partial charge in [0.05, 0.1) is 6.54 Å². The van der Waals surface area contributed by atoms with E-state index in [-0.39, 0.29) is 0 Å². The van der Waals surface area contributed by atoms with Crippen molar-refractivity contribution in [3.05, 3.63) is 0 Å². The van der Waals surface area contributed by atoms with Crippen LogP contribution >= 0.6 is 11.8 Å². The maximum absolute atomic E-state index is 4.81. The van der Waals surface area contributed by atoms with Gasteiger partial charge in [-0.15, -0.1) is 0 Å². The summed E-state index contributed by atoms with van der Waals surface area (Å²) in [5, 5.41) is 5.94. The van der Waals surface area contributed by atoms with Gasteiger partial charge in [0.1, 0.15) is 0 Å². The van der Waals surface area contributed by atoms with Crippen molar-refractivity contribution in [1.29, 1.82) is 0 Å². The van der Waals surface area contributed by atoms with Crippen LogP contribution in [0.3, 0.4) is 0 Å². The van der Waals surface area contributed by atoms with E-state index in [0.717, 1.165) is 35.5 Å². The number of thioether (sulfide) groups is 1. The van der Waals surface area contributed by atoms with Gasteiger partial charge in [-0.05, 0) is 87.4 Å². The third-order valence-electron chi connectivity index (χ3n) is 7.17. The molecule has 5 aliphatic carbocycles. The van der Waals surface area contributed by atoms with Gasteiger partial charge in [0, 0.05) is 11.3 Å². The molecule has 1 heterocycles. The highest BCUT2D eigenvalue weighted by molar-refractivity contribution is 8.14. The maximum Gasteiger partial charge on any atom is 0.157 e. The quantitative estimate of drug-likeness (QED) is 0.850. The number of hydrogen-bond acceptors (Lipinski definition) is 3. The molecule has 0 aromatic rings. The van der Waals surface area contributed by atoms with Crippen molar-refractivity contribution < 1.29 is 0 Å². The van der Waals surface area contributed by atoms with Crippen LogP contribution in [0.15, 0.2) is 4.99 Å². The van der Waals surface area contributed by atoms with Gasteiger partial charge in [-0.1, -0.05) is 11.8 Å². The van der Waals surface area contributed by atoms with Crippen molar-refractivity contribution in [1.82, 2.24) is 5.32 Å². The lowest BCUT2D eigenvalue weighted by Gasteiger charge is -2.59. The molecule has 0 radical (unpaired) electrons. The van der Waals surface area contributed by atoms with Crippen molar-refractivity contribution in [3.8, 4) is 0 Å². The number of aliphatic imine (C=N–C) groups is 1. The molecular formula is C18H28N2S. The second-order valence-corrected chi connectivity index (χ2v) is 10.0. The Morgan fingerprint density at radius 3 is 2.29 bits per heavy atom. The normalized spacial score (nSPS) is 49.3. The van der Waals surface area contributed by atoms with Crippen LogP contribution in [0.2, 0.25) is 0 Å². The maximum atomic E-state index is 4.81. The Labute approximate surface area is 132 Å². The molecule has 1 N–H and O–H groups in total. The molecule has 5 fully saturated rings. The van der Waals surface area contributed by atoms with E-state index in [2.05, 4.69) is 24.0 Å². The first kappa shape index (κ1) is 13.3. The van der Waals surface area contributed by atoms with E-state index in [1.807, 2.05) is 0 Å². The van der Waals surface area contributed by atoms with E-state index in [0.29, 0.717) is 11.5 Å². The minimum atomic E-state index is 0.607. The fourth-order valence-corrected chi connectivity index (χ4v) is 7.52. The highest BCUT2D eigenvalue weighted by Gasteiger charge is 2.53. The zero-order chi connectivity index (χ0) is 14.0. The van der Waals surface area contributed by atoms with Gasteiger partial charge >= 0.3 is 0 Å².